The molecule has 670 valence electrons. The molecule has 0 saturated carbocycles. The quantitative estimate of drug-likeness (QED) is 0.136. The SMILES string of the molecule is c1ccc(-c2nc(-c3ccc4cc5c(cc4c3)sc3ccccc35)nc3c2ccc2ccccc23)cc1.c1ccc(-c2nc(-c3ccc4cc5c(cc4c3)sc3ccccc35)nc3ccccc23)cc1.c1ccc(-c2nc(-c3ccc4ccc5c6ccccc6oc5c4c3)nc3c2ccc2ccccc23)cc1.c1ccc(-c2nc(-c3ccc4ccc5c6ccccc6oc5c4c3)nc3ccc4ccccc4c23)cc1. The number of fused-ring (bicyclic) bond motifs is 28. The second-order valence-corrected chi connectivity index (χ2v) is 38.7. The number of para-hydroxylation sites is 3. The second-order valence-electron chi connectivity index (χ2n) is 36.6. The molecule has 144 heavy (non-hydrogen) atoms. The Morgan fingerprint density at radius 1 is 0.153 bits per heavy atom. The summed E-state index contributed by atoms with van der Waals surface area (Å²) in [5.41, 5.74) is 19.6. The molecule has 31 rings (SSSR count). The minimum Gasteiger partial charge on any atom is -0.455 e. The number of hydrogen-bond acceptors (Lipinski definition) is 12. The molecule has 0 atom stereocenters. The van der Waals surface area contributed by atoms with Gasteiger partial charge < -0.3 is 8.83 Å². The first-order valence-electron chi connectivity index (χ1n) is 48.3. The van der Waals surface area contributed by atoms with E-state index in [1.54, 1.807) is 0 Å². The van der Waals surface area contributed by atoms with Crippen LogP contribution in [0.15, 0.2) is 482 Å². The Hall–Kier alpha value is -18.7. The van der Waals surface area contributed by atoms with Gasteiger partial charge in [-0.1, -0.05) is 364 Å². The van der Waals surface area contributed by atoms with E-state index in [0.717, 1.165) is 204 Å². The van der Waals surface area contributed by atoms with Crippen LogP contribution in [-0.2, 0) is 0 Å². The minimum absolute atomic E-state index is 0.705. The maximum absolute atomic E-state index is 6.34. The summed E-state index contributed by atoms with van der Waals surface area (Å²) in [6, 6.07) is 165. The van der Waals surface area contributed by atoms with Crippen molar-refractivity contribution < 1.29 is 8.83 Å². The van der Waals surface area contributed by atoms with Crippen LogP contribution in [0.3, 0.4) is 0 Å². The van der Waals surface area contributed by atoms with Gasteiger partial charge in [-0.3, -0.25) is 0 Å². The van der Waals surface area contributed by atoms with Crippen LogP contribution in [0.4, 0.5) is 0 Å². The fraction of sp³-hybridized carbons (Fsp3) is 0. The zero-order valence-corrected chi connectivity index (χ0v) is 78.9. The molecule has 0 saturated heterocycles. The Kier molecular flexibility index (Phi) is 20.1. The maximum atomic E-state index is 6.34. The molecular weight excluding hydrogens is 1790 g/mol. The van der Waals surface area contributed by atoms with E-state index in [2.05, 4.69) is 413 Å². The van der Waals surface area contributed by atoms with Crippen LogP contribution in [0, 0.1) is 0 Å². The molecule has 8 aromatic heterocycles. The molecule has 31 aromatic rings. The molecular formula is C132H78N8O2S2. The summed E-state index contributed by atoms with van der Waals surface area (Å²) in [5.74, 6) is 2.92. The molecule has 0 fully saturated rings. The first kappa shape index (κ1) is 83.4. The van der Waals surface area contributed by atoms with Gasteiger partial charge in [-0.05, 0) is 163 Å². The molecule has 0 aliphatic heterocycles. The summed E-state index contributed by atoms with van der Waals surface area (Å²) >= 11 is 3.70. The van der Waals surface area contributed by atoms with Gasteiger partial charge in [-0.15, -0.1) is 22.7 Å². The number of benzene rings is 23. The zero-order valence-electron chi connectivity index (χ0n) is 77.2. The van der Waals surface area contributed by atoms with Gasteiger partial charge >= 0.3 is 0 Å². The minimum atomic E-state index is 0.705. The van der Waals surface area contributed by atoms with E-state index in [-0.39, 0.29) is 0 Å². The smallest absolute Gasteiger partial charge is 0.160 e. The van der Waals surface area contributed by atoms with Crippen molar-refractivity contribution in [3.8, 4) is 90.6 Å². The maximum Gasteiger partial charge on any atom is 0.160 e. The van der Waals surface area contributed by atoms with Crippen molar-refractivity contribution in [3.63, 3.8) is 0 Å². The van der Waals surface area contributed by atoms with Crippen LogP contribution >= 0.6 is 22.7 Å². The second kappa shape index (κ2) is 34.7. The fourth-order valence-electron chi connectivity index (χ4n) is 21.0. The molecule has 8 heterocycles. The van der Waals surface area contributed by atoms with Gasteiger partial charge in [0.05, 0.1) is 44.8 Å². The Bertz CT molecular complexity index is 10700. The molecule has 10 nitrogen and oxygen atoms in total. The molecule has 0 N–H and O–H groups in total. The Morgan fingerprint density at radius 3 is 0.938 bits per heavy atom. The monoisotopic (exact) mass is 1870 g/mol. The Labute approximate surface area is 832 Å². The van der Waals surface area contributed by atoms with Crippen LogP contribution in [0.2, 0.25) is 0 Å². The topological polar surface area (TPSA) is 129 Å². The normalized spacial score (nSPS) is 11.8. The van der Waals surface area contributed by atoms with Crippen LogP contribution in [0.25, 0.3) is 294 Å². The average molecular weight is 1870 g/mol. The van der Waals surface area contributed by atoms with Crippen molar-refractivity contribution in [2.45, 2.75) is 0 Å². The lowest BCUT2D eigenvalue weighted by molar-refractivity contribution is 0.672. The van der Waals surface area contributed by atoms with Gasteiger partial charge in [0.25, 0.3) is 0 Å². The fourth-order valence-corrected chi connectivity index (χ4v) is 23.2. The predicted molar refractivity (Wildman–Crippen MR) is 605 cm³/mol. The third kappa shape index (κ3) is 14.7. The Balaban J connectivity index is 0.0000000935. The van der Waals surface area contributed by atoms with Crippen molar-refractivity contribution in [2.75, 3.05) is 0 Å². The molecule has 0 bridgehead atoms. The highest BCUT2D eigenvalue weighted by atomic mass is 32.1. The van der Waals surface area contributed by atoms with Gasteiger partial charge in [-0.2, -0.15) is 0 Å². The lowest BCUT2D eigenvalue weighted by Crippen LogP contribution is -1.96. The third-order valence-electron chi connectivity index (χ3n) is 28.0. The van der Waals surface area contributed by atoms with E-state index in [0.29, 0.717) is 11.6 Å². The molecule has 0 aliphatic carbocycles. The summed E-state index contributed by atoms with van der Waals surface area (Å²) in [6.07, 6.45) is 0. The number of furan rings is 2. The number of thiophene rings is 2. The molecule has 0 amide bonds. The van der Waals surface area contributed by atoms with E-state index < -0.39 is 0 Å². The third-order valence-corrected chi connectivity index (χ3v) is 30.3. The van der Waals surface area contributed by atoms with E-state index in [1.807, 2.05) is 83.3 Å². The number of rotatable bonds is 8. The number of aromatic nitrogens is 8. The van der Waals surface area contributed by atoms with Gasteiger partial charge in [-0.25, -0.2) is 39.9 Å². The zero-order chi connectivity index (χ0) is 94.8. The van der Waals surface area contributed by atoms with Gasteiger partial charge in [0.1, 0.15) is 22.3 Å². The van der Waals surface area contributed by atoms with Crippen LogP contribution in [0.5, 0.6) is 0 Å². The van der Waals surface area contributed by atoms with Gasteiger partial charge in [0, 0.05) is 149 Å². The summed E-state index contributed by atoms with van der Waals surface area (Å²) in [7, 11) is 0. The standard InChI is InChI=1S/2C34H20N2O.C34H20N2S.C30H18N2S/c1-2-9-23(10-3-1)32-31-25-11-5-4-8-21(25)17-19-29(31)35-34(36-32)24-15-14-22-16-18-27-26-12-6-7-13-30(26)37-33(27)28(22)20-24;1-2-9-23(10-3-1)31-28-19-17-21-8-4-5-11-25(21)32(28)36-34(35-31)24-15-14-22-16-18-27-26-12-6-7-13-30(26)37-33(27)29(22)20-24;1-2-9-22(10-3-1)32-28-17-16-21-8-4-5-11-26(21)33(28)36-34(35-32)24-15-14-23-19-29-27-12-6-7-13-30(27)37-31(29)20-25(23)18-24;1-2-8-19(9-3-1)29-24-11-4-6-12-26(24)31-30(32-29)21-15-14-20-17-25-23-10-5-7-13-27(23)33-28(25)18-22(20)16-21/h3*1-20H;1-18H. The molecule has 0 aliphatic rings. The molecule has 0 spiro atoms. The first-order chi connectivity index (χ1) is 71.3. The van der Waals surface area contributed by atoms with Gasteiger partial charge in [0.15, 0.2) is 23.3 Å². The van der Waals surface area contributed by atoms with Crippen molar-refractivity contribution in [1.82, 2.24) is 39.9 Å². The van der Waals surface area contributed by atoms with E-state index in [4.69, 9.17) is 48.7 Å². The van der Waals surface area contributed by atoms with Crippen LogP contribution in [0.1, 0.15) is 0 Å². The highest BCUT2D eigenvalue weighted by Crippen LogP contribution is 2.46. The van der Waals surface area contributed by atoms with Crippen molar-refractivity contribution in [1.29, 1.82) is 0 Å². The van der Waals surface area contributed by atoms with Crippen LogP contribution in [-0.4, -0.2) is 39.9 Å². The first-order valence-corrected chi connectivity index (χ1v) is 49.9. The van der Waals surface area contributed by atoms with Crippen LogP contribution < -0.4 is 0 Å². The molecule has 23 aromatic carbocycles. The van der Waals surface area contributed by atoms with E-state index >= 15 is 0 Å². The summed E-state index contributed by atoms with van der Waals surface area (Å²) < 4.78 is 17.9. The van der Waals surface area contributed by atoms with Crippen molar-refractivity contribution >= 4 is 226 Å². The van der Waals surface area contributed by atoms with Gasteiger partial charge in [0.2, 0.25) is 0 Å². The summed E-state index contributed by atoms with van der Waals surface area (Å²) in [4.78, 5) is 40.8. The Morgan fingerprint density at radius 2 is 0.472 bits per heavy atom. The number of hydrogen-bond donors (Lipinski definition) is 0. The van der Waals surface area contributed by atoms with E-state index in [1.165, 1.54) is 78.0 Å². The largest absolute Gasteiger partial charge is 0.455 e. The lowest BCUT2D eigenvalue weighted by Gasteiger charge is -2.12. The lowest BCUT2D eigenvalue weighted by atomic mass is 9.99. The van der Waals surface area contributed by atoms with Crippen molar-refractivity contribution in [2.24, 2.45) is 0 Å². The highest BCUT2D eigenvalue weighted by molar-refractivity contribution is 7.26. The molecule has 12 heteroatoms. The number of nitrogens with zero attached hydrogens (tertiary/aromatic N) is 8. The molecule has 0 unspecified atom stereocenters. The van der Waals surface area contributed by atoms with Crippen molar-refractivity contribution in [3.05, 3.63) is 473 Å². The predicted octanol–water partition coefficient (Wildman–Crippen LogP) is 36.5. The summed E-state index contributed by atoms with van der Waals surface area (Å²) in [5, 5.41) is 30.3. The average Bonchev–Trinajstić information content (AvgIpc) is 1.68. The highest BCUT2D eigenvalue weighted by Gasteiger charge is 2.23. The summed E-state index contributed by atoms with van der Waals surface area (Å²) in [6.45, 7) is 0. The van der Waals surface area contributed by atoms with E-state index in [9.17, 15) is 0 Å². The molecule has 0 radical (unpaired) electrons.